The third kappa shape index (κ3) is 5.99. The molecule has 0 atom stereocenters. The van der Waals surface area contributed by atoms with Gasteiger partial charge in [0.05, 0.1) is 0 Å². The summed E-state index contributed by atoms with van der Waals surface area (Å²) in [6, 6.07) is 73.6. The van der Waals surface area contributed by atoms with Crippen LogP contribution >= 0.6 is 29.0 Å². The van der Waals surface area contributed by atoms with E-state index >= 15 is 0 Å². The van der Waals surface area contributed by atoms with Crippen molar-refractivity contribution < 1.29 is 9.20 Å². The van der Waals surface area contributed by atoms with E-state index in [1.165, 1.54) is 32.2 Å². The molecule has 0 saturated heterocycles. The Balaban J connectivity index is 1.15. The molecule has 1 heterocycles. The molecule has 10 aromatic rings. The summed E-state index contributed by atoms with van der Waals surface area (Å²) in [6.45, 7) is 0. The number of benzene rings is 10. The molecule has 1 aliphatic heterocycles. The van der Waals surface area contributed by atoms with Crippen LogP contribution in [-0.4, -0.2) is 0 Å². The van der Waals surface area contributed by atoms with E-state index in [1.54, 1.807) is 0 Å². The summed E-state index contributed by atoms with van der Waals surface area (Å²) >= 11 is -3.22. The summed E-state index contributed by atoms with van der Waals surface area (Å²) in [5.41, 5.74) is 4.29. The van der Waals surface area contributed by atoms with E-state index in [9.17, 15) is 0 Å². The summed E-state index contributed by atoms with van der Waals surface area (Å²) in [5.74, 6) is 2.30. The van der Waals surface area contributed by atoms with Crippen molar-refractivity contribution in [1.29, 1.82) is 0 Å². The number of fused-ring (bicyclic) bond motifs is 9. The van der Waals surface area contributed by atoms with Crippen LogP contribution in [0.2, 0.25) is 0 Å². The zero-order valence-corrected chi connectivity index (χ0v) is 33.7. The first-order chi connectivity index (χ1) is 28.3. The van der Waals surface area contributed by atoms with Gasteiger partial charge in [-0.2, -0.15) is 0 Å². The topological polar surface area (TPSA) is 27.7 Å². The van der Waals surface area contributed by atoms with E-state index in [0.717, 1.165) is 66.3 Å². The first-order valence-electron chi connectivity index (χ1n) is 19.0. The SMILES string of the molecule is c1ccc(P(c2ccccc2)c2ccc3ccccc3c2-c2c(OI3Oc4ccc5ccccc5c4-c4c(ccc5ccccc45)O3)ccc3ccccc23)cc1. The Morgan fingerprint density at radius 1 is 0.333 bits per heavy atom. The Labute approximate surface area is 340 Å². The van der Waals surface area contributed by atoms with Crippen LogP contribution in [0.1, 0.15) is 0 Å². The minimum absolute atomic E-state index is 0.749. The summed E-state index contributed by atoms with van der Waals surface area (Å²) in [7, 11) is -0.964. The van der Waals surface area contributed by atoms with Crippen LogP contribution in [0.25, 0.3) is 65.3 Å². The first kappa shape index (κ1) is 34.1. The fourth-order valence-corrected chi connectivity index (χ4v) is 13.3. The average molecular weight is 865 g/mol. The van der Waals surface area contributed by atoms with Gasteiger partial charge in [0.25, 0.3) is 0 Å². The molecule has 0 amide bonds. The molecule has 0 bridgehead atoms. The molecule has 0 radical (unpaired) electrons. The molecule has 0 N–H and O–H groups in total. The van der Waals surface area contributed by atoms with E-state index in [4.69, 9.17) is 9.20 Å². The molecule has 3 nitrogen and oxygen atoms in total. The van der Waals surface area contributed by atoms with Crippen LogP contribution in [-0.2, 0) is 0 Å². The van der Waals surface area contributed by atoms with Gasteiger partial charge < -0.3 is 0 Å². The average Bonchev–Trinajstić information content (AvgIpc) is 3.44. The Kier molecular flexibility index (Phi) is 8.60. The van der Waals surface area contributed by atoms with Crippen molar-refractivity contribution in [1.82, 2.24) is 0 Å². The van der Waals surface area contributed by atoms with E-state index in [-0.39, 0.29) is 0 Å². The summed E-state index contributed by atoms with van der Waals surface area (Å²) in [4.78, 5) is 0. The van der Waals surface area contributed by atoms with Crippen molar-refractivity contribution in [3.63, 3.8) is 0 Å². The first-order valence-corrected chi connectivity index (χ1v) is 23.0. The van der Waals surface area contributed by atoms with Gasteiger partial charge in [-0.25, -0.2) is 0 Å². The molecule has 5 heteroatoms. The van der Waals surface area contributed by atoms with Crippen molar-refractivity contribution >= 4 is 88.0 Å². The van der Waals surface area contributed by atoms with Crippen LogP contribution in [0.4, 0.5) is 0 Å². The van der Waals surface area contributed by atoms with E-state index in [2.05, 4.69) is 206 Å². The fraction of sp³-hybridized carbons (Fsp3) is 0. The molecule has 0 fully saturated rings. The Bertz CT molecular complexity index is 3000. The number of rotatable bonds is 6. The Morgan fingerprint density at radius 2 is 0.719 bits per heavy atom. The Hall–Kier alpha value is -6.20. The second-order valence-corrected chi connectivity index (χ2v) is 18.7. The van der Waals surface area contributed by atoms with Crippen molar-refractivity contribution in [3.8, 4) is 39.5 Å². The van der Waals surface area contributed by atoms with Crippen molar-refractivity contribution in [3.05, 3.63) is 206 Å². The van der Waals surface area contributed by atoms with Crippen LogP contribution in [0.15, 0.2) is 206 Å². The third-order valence-corrected chi connectivity index (χ3v) is 15.8. The van der Waals surface area contributed by atoms with E-state index in [0.29, 0.717) is 0 Å². The monoisotopic (exact) mass is 864 g/mol. The third-order valence-electron chi connectivity index (χ3n) is 10.8. The van der Waals surface area contributed by atoms with Gasteiger partial charge in [-0.1, -0.05) is 0 Å². The normalized spacial score (nSPS) is 12.9. The van der Waals surface area contributed by atoms with Crippen LogP contribution < -0.4 is 25.1 Å². The second-order valence-electron chi connectivity index (χ2n) is 14.1. The molecule has 272 valence electrons. The van der Waals surface area contributed by atoms with Gasteiger partial charge in [-0.15, -0.1) is 0 Å². The molecule has 0 unspecified atom stereocenters. The number of hydrogen-bond acceptors (Lipinski definition) is 3. The van der Waals surface area contributed by atoms with Crippen molar-refractivity contribution in [2.45, 2.75) is 0 Å². The van der Waals surface area contributed by atoms with E-state index < -0.39 is 29.0 Å². The molecule has 57 heavy (non-hydrogen) atoms. The fourth-order valence-electron chi connectivity index (χ4n) is 8.26. The minimum atomic E-state index is -3.22. The zero-order valence-electron chi connectivity index (χ0n) is 30.7. The molecule has 1 aliphatic rings. The second kappa shape index (κ2) is 14.4. The molecule has 0 aromatic heterocycles. The summed E-state index contributed by atoms with van der Waals surface area (Å²) in [5, 5.41) is 13.0. The van der Waals surface area contributed by atoms with Crippen LogP contribution in [0.5, 0.6) is 17.2 Å². The van der Waals surface area contributed by atoms with Crippen molar-refractivity contribution in [2.24, 2.45) is 0 Å². The van der Waals surface area contributed by atoms with Gasteiger partial charge in [-0.3, -0.25) is 0 Å². The standard InChI is InChI=1S/C52H34IO3P/c1-3-19-39(20-4-1)57(40-21-5-2-6-22-40)48-34-30-38-18-10-14-26-44(38)52(48)51-43-25-13-9-17-37(43)29-33-47(51)56-53-54-45-31-27-35-15-7-11-23-41(35)49(45)50-42-24-12-8-16-36(42)28-32-46(50)55-53/h1-34H. The molecule has 0 spiro atoms. The quantitative estimate of drug-likeness (QED) is 0.123. The van der Waals surface area contributed by atoms with Gasteiger partial charge in [-0.05, 0) is 0 Å². The molecular formula is C52H34IO3P. The van der Waals surface area contributed by atoms with Gasteiger partial charge >= 0.3 is 343 Å². The van der Waals surface area contributed by atoms with Gasteiger partial charge in [0.15, 0.2) is 0 Å². The van der Waals surface area contributed by atoms with Gasteiger partial charge in [0.2, 0.25) is 0 Å². The molecule has 0 saturated carbocycles. The summed E-state index contributed by atoms with van der Waals surface area (Å²) < 4.78 is 21.3. The van der Waals surface area contributed by atoms with Crippen LogP contribution in [0.3, 0.4) is 0 Å². The predicted molar refractivity (Wildman–Crippen MR) is 248 cm³/mol. The molecule has 0 aliphatic carbocycles. The molecular weight excluding hydrogens is 830 g/mol. The summed E-state index contributed by atoms with van der Waals surface area (Å²) in [6.07, 6.45) is 0. The van der Waals surface area contributed by atoms with Gasteiger partial charge in [0, 0.05) is 0 Å². The number of hydrogen-bond donors (Lipinski definition) is 0. The Morgan fingerprint density at radius 3 is 1.21 bits per heavy atom. The molecule has 11 rings (SSSR count). The number of halogens is 1. The van der Waals surface area contributed by atoms with Gasteiger partial charge in [0.1, 0.15) is 0 Å². The predicted octanol–water partition coefficient (Wildman–Crippen LogP) is 13.5. The van der Waals surface area contributed by atoms with Crippen LogP contribution in [0, 0.1) is 0 Å². The van der Waals surface area contributed by atoms with E-state index in [1.807, 2.05) is 0 Å². The van der Waals surface area contributed by atoms with Crippen molar-refractivity contribution in [2.75, 3.05) is 0 Å². The maximum absolute atomic E-state index is 7.28. The molecule has 10 aromatic carbocycles. The zero-order chi connectivity index (χ0) is 37.7. The maximum atomic E-state index is 7.28.